The Morgan fingerprint density at radius 1 is 1.43 bits per heavy atom. The molecule has 1 aliphatic rings. The molecule has 0 spiro atoms. The van der Waals surface area contributed by atoms with Crippen molar-refractivity contribution in [2.75, 3.05) is 17.2 Å². The van der Waals surface area contributed by atoms with Crippen LogP contribution in [0.15, 0.2) is 30.5 Å². The molecule has 5 heteroatoms. The van der Waals surface area contributed by atoms with Crippen LogP contribution < -0.4 is 10.6 Å². The lowest BCUT2D eigenvalue weighted by molar-refractivity contribution is 0.0976. The quantitative estimate of drug-likeness (QED) is 0.865. The maximum atomic E-state index is 12.9. The molecule has 2 aromatic rings. The highest BCUT2D eigenvalue weighted by atomic mass is 35.5. The average Bonchev–Trinajstić information content (AvgIpc) is 2.87. The van der Waals surface area contributed by atoms with Crippen molar-refractivity contribution < 1.29 is 4.79 Å². The summed E-state index contributed by atoms with van der Waals surface area (Å²) in [6.45, 7) is 3.42. The zero-order valence-electron chi connectivity index (χ0n) is 12.0. The van der Waals surface area contributed by atoms with E-state index in [9.17, 15) is 4.79 Å². The van der Waals surface area contributed by atoms with Gasteiger partial charge in [-0.1, -0.05) is 17.7 Å². The predicted molar refractivity (Wildman–Crippen MR) is 86.0 cm³/mol. The highest BCUT2D eigenvalue weighted by Gasteiger charge is 2.26. The summed E-state index contributed by atoms with van der Waals surface area (Å²) in [5.41, 5.74) is 9.41. The third kappa shape index (κ3) is 2.40. The minimum atomic E-state index is -0.0182. The number of nitrogen functional groups attached to an aromatic ring is 1. The van der Waals surface area contributed by atoms with E-state index < -0.39 is 0 Å². The Kier molecular flexibility index (Phi) is 3.64. The zero-order valence-corrected chi connectivity index (χ0v) is 12.7. The fraction of sp³-hybridized carbons (Fsp3) is 0.312. The molecule has 0 saturated heterocycles. The molecule has 2 N–H and O–H groups in total. The van der Waals surface area contributed by atoms with Crippen molar-refractivity contribution in [3.63, 3.8) is 0 Å². The Hall–Kier alpha value is -1.94. The van der Waals surface area contributed by atoms with Crippen molar-refractivity contribution in [1.29, 1.82) is 0 Å². The van der Waals surface area contributed by atoms with E-state index >= 15 is 0 Å². The van der Waals surface area contributed by atoms with Gasteiger partial charge in [-0.15, -0.1) is 0 Å². The number of benzene rings is 1. The zero-order chi connectivity index (χ0) is 15.0. The number of anilines is 2. The summed E-state index contributed by atoms with van der Waals surface area (Å²) in [4.78, 5) is 14.7. The first-order valence-electron chi connectivity index (χ1n) is 7.16. The molecule has 0 radical (unpaired) electrons. The van der Waals surface area contributed by atoms with Gasteiger partial charge in [0.1, 0.15) is 5.69 Å². The Balaban J connectivity index is 2.02. The molecule has 1 aliphatic heterocycles. The number of aromatic nitrogens is 1. The number of nitrogens with two attached hydrogens (primary N) is 1. The van der Waals surface area contributed by atoms with E-state index in [1.807, 2.05) is 34.6 Å². The molecular formula is C16H18ClN3O. The van der Waals surface area contributed by atoms with E-state index in [0.717, 1.165) is 29.8 Å². The smallest absolute Gasteiger partial charge is 0.274 e. The van der Waals surface area contributed by atoms with Crippen molar-refractivity contribution >= 4 is 28.9 Å². The van der Waals surface area contributed by atoms with E-state index in [1.165, 1.54) is 0 Å². The molecule has 1 amide bonds. The van der Waals surface area contributed by atoms with Gasteiger partial charge in [0, 0.05) is 30.7 Å². The highest BCUT2D eigenvalue weighted by molar-refractivity contribution is 6.31. The van der Waals surface area contributed by atoms with E-state index in [4.69, 9.17) is 17.3 Å². The maximum Gasteiger partial charge on any atom is 0.274 e. The van der Waals surface area contributed by atoms with Gasteiger partial charge in [-0.3, -0.25) is 4.79 Å². The SMILES string of the molecule is CCn1cc(Cl)cc1C(=O)N1CCCc2c(N)cccc21. The molecule has 110 valence electrons. The number of fused-ring (bicyclic) bond motifs is 1. The number of halogens is 1. The van der Waals surface area contributed by atoms with Crippen LogP contribution in [0, 0.1) is 0 Å². The third-order valence-corrected chi connectivity index (χ3v) is 4.16. The minimum Gasteiger partial charge on any atom is -0.398 e. The minimum absolute atomic E-state index is 0.0182. The summed E-state index contributed by atoms with van der Waals surface area (Å²) < 4.78 is 1.88. The number of rotatable bonds is 2. The fourth-order valence-electron chi connectivity index (χ4n) is 2.92. The molecule has 0 bridgehead atoms. The number of hydrogen-bond acceptors (Lipinski definition) is 2. The number of carbonyl (C=O) groups excluding carboxylic acids is 1. The lowest BCUT2D eigenvalue weighted by Crippen LogP contribution is -2.36. The molecule has 1 aromatic heterocycles. The van der Waals surface area contributed by atoms with Crippen molar-refractivity contribution in [2.45, 2.75) is 26.3 Å². The first-order chi connectivity index (χ1) is 10.1. The normalized spacial score (nSPS) is 14.1. The first-order valence-corrected chi connectivity index (χ1v) is 7.54. The van der Waals surface area contributed by atoms with Gasteiger partial charge < -0.3 is 15.2 Å². The lowest BCUT2D eigenvalue weighted by atomic mass is 9.99. The van der Waals surface area contributed by atoms with Crippen LogP contribution in [0.2, 0.25) is 5.02 Å². The van der Waals surface area contributed by atoms with Crippen molar-refractivity contribution in [2.24, 2.45) is 0 Å². The van der Waals surface area contributed by atoms with E-state index in [0.29, 0.717) is 23.8 Å². The van der Waals surface area contributed by atoms with Gasteiger partial charge in [0.05, 0.1) is 5.02 Å². The van der Waals surface area contributed by atoms with Crippen molar-refractivity contribution in [3.8, 4) is 0 Å². The first kappa shape index (κ1) is 14.0. The summed E-state index contributed by atoms with van der Waals surface area (Å²) in [7, 11) is 0. The van der Waals surface area contributed by atoms with Crippen LogP contribution in [0.1, 0.15) is 29.4 Å². The second-order valence-electron chi connectivity index (χ2n) is 5.23. The third-order valence-electron chi connectivity index (χ3n) is 3.95. The van der Waals surface area contributed by atoms with Crippen LogP contribution in [-0.4, -0.2) is 17.0 Å². The molecule has 4 nitrogen and oxygen atoms in total. The second kappa shape index (κ2) is 5.45. The molecule has 0 aliphatic carbocycles. The molecule has 21 heavy (non-hydrogen) atoms. The van der Waals surface area contributed by atoms with Crippen LogP contribution in [0.25, 0.3) is 0 Å². The van der Waals surface area contributed by atoms with Crippen LogP contribution in [-0.2, 0) is 13.0 Å². The van der Waals surface area contributed by atoms with Gasteiger partial charge in [-0.05, 0) is 43.5 Å². The fourth-order valence-corrected chi connectivity index (χ4v) is 3.14. The maximum absolute atomic E-state index is 12.9. The number of aryl methyl sites for hydroxylation is 1. The van der Waals surface area contributed by atoms with Gasteiger partial charge in [0.2, 0.25) is 0 Å². The topological polar surface area (TPSA) is 51.3 Å². The summed E-state index contributed by atoms with van der Waals surface area (Å²) in [6.07, 6.45) is 3.63. The Morgan fingerprint density at radius 2 is 2.24 bits per heavy atom. The Labute approximate surface area is 129 Å². The second-order valence-corrected chi connectivity index (χ2v) is 5.67. The molecule has 1 aromatic carbocycles. The summed E-state index contributed by atoms with van der Waals surface area (Å²) in [6, 6.07) is 7.47. The van der Waals surface area contributed by atoms with Crippen LogP contribution >= 0.6 is 11.6 Å². The van der Waals surface area contributed by atoms with Gasteiger partial charge in [-0.2, -0.15) is 0 Å². The molecule has 2 heterocycles. The molecule has 0 fully saturated rings. The van der Waals surface area contributed by atoms with Crippen molar-refractivity contribution in [3.05, 3.63) is 46.7 Å². The molecular weight excluding hydrogens is 286 g/mol. The molecule has 0 atom stereocenters. The summed E-state index contributed by atoms with van der Waals surface area (Å²) in [5.74, 6) is -0.0182. The predicted octanol–water partition coefficient (Wildman–Crippen LogP) is 3.34. The van der Waals surface area contributed by atoms with E-state index in [1.54, 1.807) is 12.3 Å². The van der Waals surface area contributed by atoms with E-state index in [-0.39, 0.29) is 5.91 Å². The molecule has 0 saturated carbocycles. The van der Waals surface area contributed by atoms with Crippen LogP contribution in [0.5, 0.6) is 0 Å². The summed E-state index contributed by atoms with van der Waals surface area (Å²) >= 11 is 6.04. The van der Waals surface area contributed by atoms with Gasteiger partial charge in [-0.25, -0.2) is 0 Å². The molecule has 0 unspecified atom stereocenters. The Morgan fingerprint density at radius 3 is 3.00 bits per heavy atom. The number of carbonyl (C=O) groups is 1. The summed E-state index contributed by atoms with van der Waals surface area (Å²) in [5, 5.41) is 0.588. The van der Waals surface area contributed by atoms with Gasteiger partial charge >= 0.3 is 0 Å². The van der Waals surface area contributed by atoms with Crippen molar-refractivity contribution in [1.82, 2.24) is 4.57 Å². The average molecular weight is 304 g/mol. The Bertz CT molecular complexity index is 693. The molecule has 3 rings (SSSR count). The number of hydrogen-bond donors (Lipinski definition) is 1. The van der Waals surface area contributed by atoms with Gasteiger partial charge in [0.15, 0.2) is 0 Å². The number of nitrogens with zero attached hydrogens (tertiary/aromatic N) is 2. The number of amides is 1. The van der Waals surface area contributed by atoms with Gasteiger partial charge in [0.25, 0.3) is 5.91 Å². The van der Waals surface area contributed by atoms with Crippen LogP contribution in [0.4, 0.5) is 11.4 Å². The highest BCUT2D eigenvalue weighted by Crippen LogP contribution is 2.32. The standard InChI is InChI=1S/C16H18ClN3O/c1-2-19-10-11(17)9-15(19)16(21)20-8-4-5-12-13(18)6-3-7-14(12)20/h3,6-7,9-10H,2,4-5,8,18H2,1H3. The largest absolute Gasteiger partial charge is 0.398 e. The van der Waals surface area contributed by atoms with Crippen LogP contribution in [0.3, 0.4) is 0 Å². The van der Waals surface area contributed by atoms with E-state index in [2.05, 4.69) is 0 Å². The lowest BCUT2D eigenvalue weighted by Gasteiger charge is -2.30. The monoisotopic (exact) mass is 303 g/mol.